The molecule has 84 valence electrons. The lowest BCUT2D eigenvalue weighted by Gasteiger charge is -2.14. The molecule has 1 fully saturated rings. The lowest BCUT2D eigenvalue weighted by molar-refractivity contribution is -0.137. The van der Waals surface area contributed by atoms with Crippen molar-refractivity contribution in [3.05, 3.63) is 29.3 Å². The fourth-order valence-corrected chi connectivity index (χ4v) is 3.58. The fraction of sp³-hybridized carbons (Fsp3) is 0.462. The number of hydrogen-bond acceptors (Lipinski definition) is 2. The van der Waals surface area contributed by atoms with Crippen LogP contribution in [0.1, 0.15) is 30.4 Å². The molecule has 1 aromatic rings. The predicted octanol–water partition coefficient (Wildman–Crippen LogP) is 2.84. The molecular weight excluding hydrogens is 220 g/mol. The minimum Gasteiger partial charge on any atom is -0.481 e. The third kappa shape index (κ3) is 1.63. The Kier molecular flexibility index (Phi) is 2.25. The van der Waals surface area contributed by atoms with Gasteiger partial charge in [0.25, 0.3) is 0 Å². The fourth-order valence-electron chi connectivity index (χ4n) is 2.52. The van der Waals surface area contributed by atoms with Gasteiger partial charge in [-0.3, -0.25) is 4.79 Å². The summed E-state index contributed by atoms with van der Waals surface area (Å²) in [4.78, 5) is 12.2. The van der Waals surface area contributed by atoms with Crippen molar-refractivity contribution in [2.24, 2.45) is 0 Å². The molecule has 1 aliphatic carbocycles. The van der Waals surface area contributed by atoms with Gasteiger partial charge in [0.15, 0.2) is 0 Å². The van der Waals surface area contributed by atoms with Crippen LogP contribution in [-0.2, 0) is 16.6 Å². The zero-order chi connectivity index (χ0) is 11.2. The maximum atomic E-state index is 10.9. The van der Waals surface area contributed by atoms with E-state index in [9.17, 15) is 4.79 Å². The second-order valence-corrected chi connectivity index (χ2v) is 5.91. The summed E-state index contributed by atoms with van der Waals surface area (Å²) in [6, 6.07) is 6.54. The van der Waals surface area contributed by atoms with E-state index in [0.29, 0.717) is 6.42 Å². The van der Waals surface area contributed by atoms with Crippen molar-refractivity contribution in [2.45, 2.75) is 36.0 Å². The Labute approximate surface area is 99.1 Å². The highest BCUT2D eigenvalue weighted by Crippen LogP contribution is 2.52. The topological polar surface area (TPSA) is 37.3 Å². The van der Waals surface area contributed by atoms with Gasteiger partial charge >= 0.3 is 5.97 Å². The number of aliphatic carboxylic acids is 1. The molecular formula is C13H14O2S. The van der Waals surface area contributed by atoms with Gasteiger partial charge in [0.1, 0.15) is 0 Å². The summed E-state index contributed by atoms with van der Waals surface area (Å²) in [6.07, 6.45) is 3.49. The molecule has 0 unspecified atom stereocenters. The van der Waals surface area contributed by atoms with Crippen LogP contribution in [0.2, 0.25) is 0 Å². The number of carboxylic acids is 1. The van der Waals surface area contributed by atoms with Crippen LogP contribution < -0.4 is 0 Å². The largest absolute Gasteiger partial charge is 0.481 e. The van der Waals surface area contributed by atoms with E-state index in [1.807, 2.05) is 11.8 Å². The lowest BCUT2D eigenvalue weighted by Crippen LogP contribution is -2.13. The predicted molar refractivity (Wildman–Crippen MR) is 64.0 cm³/mol. The van der Waals surface area contributed by atoms with Gasteiger partial charge in [-0.2, -0.15) is 0 Å². The third-order valence-corrected chi connectivity index (χ3v) is 4.76. The summed E-state index contributed by atoms with van der Waals surface area (Å²) in [7, 11) is 0. The number of fused-ring (bicyclic) bond motifs is 1. The van der Waals surface area contributed by atoms with Crippen LogP contribution in [0.3, 0.4) is 0 Å². The average Bonchev–Trinajstić information content (AvgIpc) is 2.87. The number of rotatable bonds is 3. The van der Waals surface area contributed by atoms with E-state index in [1.54, 1.807) is 0 Å². The van der Waals surface area contributed by atoms with E-state index in [-0.39, 0.29) is 5.41 Å². The summed E-state index contributed by atoms with van der Waals surface area (Å²) < 4.78 is 0. The highest BCUT2D eigenvalue weighted by atomic mass is 32.2. The van der Waals surface area contributed by atoms with Crippen LogP contribution in [0, 0.1) is 0 Å². The Balaban J connectivity index is 1.92. The Morgan fingerprint density at radius 1 is 1.44 bits per heavy atom. The SMILES string of the molecule is O=C(O)CC1(c2ccc3c(c2)CCS3)CC1. The summed E-state index contributed by atoms with van der Waals surface area (Å²) in [5, 5.41) is 8.94. The zero-order valence-corrected chi connectivity index (χ0v) is 9.85. The first-order chi connectivity index (χ1) is 7.70. The van der Waals surface area contributed by atoms with E-state index in [2.05, 4.69) is 18.2 Å². The second-order valence-electron chi connectivity index (χ2n) is 4.77. The smallest absolute Gasteiger partial charge is 0.304 e. The molecule has 0 aromatic heterocycles. The third-order valence-electron chi connectivity index (χ3n) is 3.64. The quantitative estimate of drug-likeness (QED) is 0.873. The number of carboxylic acid groups (broad SMARTS) is 1. The van der Waals surface area contributed by atoms with Gasteiger partial charge in [-0.15, -0.1) is 11.8 Å². The van der Waals surface area contributed by atoms with Crippen LogP contribution in [0.4, 0.5) is 0 Å². The van der Waals surface area contributed by atoms with Crippen molar-refractivity contribution in [1.82, 2.24) is 0 Å². The molecule has 1 saturated carbocycles. The Morgan fingerprint density at radius 3 is 2.94 bits per heavy atom. The summed E-state index contributed by atoms with van der Waals surface area (Å²) >= 11 is 1.91. The van der Waals surface area contributed by atoms with E-state index in [4.69, 9.17) is 5.11 Å². The van der Waals surface area contributed by atoms with Gasteiger partial charge in [-0.25, -0.2) is 0 Å². The van der Waals surface area contributed by atoms with Crippen LogP contribution in [0.25, 0.3) is 0 Å². The highest BCUT2D eigenvalue weighted by Gasteiger charge is 2.46. The van der Waals surface area contributed by atoms with Crippen LogP contribution in [0.5, 0.6) is 0 Å². The lowest BCUT2D eigenvalue weighted by atomic mass is 9.91. The molecule has 2 nitrogen and oxygen atoms in total. The molecule has 0 amide bonds. The molecule has 2 aliphatic rings. The molecule has 1 aliphatic heterocycles. The van der Waals surface area contributed by atoms with E-state index < -0.39 is 5.97 Å². The molecule has 0 radical (unpaired) electrons. The van der Waals surface area contributed by atoms with Crippen molar-refractivity contribution >= 4 is 17.7 Å². The van der Waals surface area contributed by atoms with Crippen molar-refractivity contribution in [2.75, 3.05) is 5.75 Å². The van der Waals surface area contributed by atoms with Gasteiger partial charge in [-0.1, -0.05) is 12.1 Å². The van der Waals surface area contributed by atoms with E-state index >= 15 is 0 Å². The maximum Gasteiger partial charge on any atom is 0.304 e. The van der Waals surface area contributed by atoms with Crippen LogP contribution in [0.15, 0.2) is 23.1 Å². The summed E-state index contributed by atoms with van der Waals surface area (Å²) in [6.45, 7) is 0. The molecule has 1 aromatic carbocycles. The second kappa shape index (κ2) is 3.52. The van der Waals surface area contributed by atoms with Crippen molar-refractivity contribution in [3.63, 3.8) is 0 Å². The van der Waals surface area contributed by atoms with Gasteiger partial charge in [0, 0.05) is 16.1 Å². The summed E-state index contributed by atoms with van der Waals surface area (Å²) in [5.74, 6) is 0.498. The minimum atomic E-state index is -0.674. The molecule has 0 bridgehead atoms. The summed E-state index contributed by atoms with van der Waals surface area (Å²) in [5.41, 5.74) is 2.63. The van der Waals surface area contributed by atoms with Crippen molar-refractivity contribution < 1.29 is 9.90 Å². The van der Waals surface area contributed by atoms with Gasteiger partial charge < -0.3 is 5.11 Å². The molecule has 0 saturated heterocycles. The molecule has 3 heteroatoms. The molecule has 3 rings (SSSR count). The Hall–Kier alpha value is -0.960. The standard InChI is InChI=1S/C13H14O2S/c14-12(15)8-13(4-5-13)10-1-2-11-9(7-10)3-6-16-11/h1-2,7H,3-6,8H2,(H,14,15). The van der Waals surface area contributed by atoms with Crippen LogP contribution in [-0.4, -0.2) is 16.8 Å². The minimum absolute atomic E-state index is 0.0336. The van der Waals surface area contributed by atoms with Gasteiger partial charge in [-0.05, 0) is 36.5 Å². The highest BCUT2D eigenvalue weighted by molar-refractivity contribution is 7.99. The van der Waals surface area contributed by atoms with Gasteiger partial charge in [0.05, 0.1) is 6.42 Å². The molecule has 1 N–H and O–H groups in total. The molecule has 16 heavy (non-hydrogen) atoms. The first kappa shape index (κ1) is 10.2. The first-order valence-electron chi connectivity index (χ1n) is 5.68. The number of thioether (sulfide) groups is 1. The average molecular weight is 234 g/mol. The number of benzene rings is 1. The molecule has 0 atom stereocenters. The number of aryl methyl sites for hydroxylation is 1. The first-order valence-corrected chi connectivity index (χ1v) is 6.66. The molecule has 0 spiro atoms. The zero-order valence-electron chi connectivity index (χ0n) is 9.03. The van der Waals surface area contributed by atoms with Crippen LogP contribution >= 0.6 is 11.8 Å². The number of carbonyl (C=O) groups is 1. The van der Waals surface area contributed by atoms with Crippen molar-refractivity contribution in [3.8, 4) is 0 Å². The molecule has 1 heterocycles. The van der Waals surface area contributed by atoms with E-state index in [0.717, 1.165) is 19.3 Å². The van der Waals surface area contributed by atoms with Gasteiger partial charge in [0.2, 0.25) is 0 Å². The van der Waals surface area contributed by atoms with E-state index in [1.165, 1.54) is 21.8 Å². The Bertz CT molecular complexity index is 449. The monoisotopic (exact) mass is 234 g/mol. The van der Waals surface area contributed by atoms with Crippen molar-refractivity contribution in [1.29, 1.82) is 0 Å². The Morgan fingerprint density at radius 2 is 2.25 bits per heavy atom. The maximum absolute atomic E-state index is 10.9. The normalized spacial score (nSPS) is 20.5. The number of hydrogen-bond donors (Lipinski definition) is 1.